The van der Waals surface area contributed by atoms with Crippen molar-refractivity contribution >= 4 is 5.91 Å². The highest BCUT2D eigenvalue weighted by molar-refractivity contribution is 5.75. The van der Waals surface area contributed by atoms with Gasteiger partial charge in [-0.2, -0.15) is 0 Å². The molecule has 1 fully saturated rings. The zero-order chi connectivity index (χ0) is 19.1. The van der Waals surface area contributed by atoms with E-state index in [1.54, 1.807) is 19.0 Å². The zero-order valence-electron chi connectivity index (χ0n) is 16.7. The summed E-state index contributed by atoms with van der Waals surface area (Å²) in [5.41, 5.74) is 1.44. The minimum Gasteiger partial charge on any atom is -0.392 e. The van der Waals surface area contributed by atoms with Crippen LogP contribution in [0.5, 0.6) is 0 Å². The molecule has 4 nitrogen and oxygen atoms in total. The number of aliphatic hydroxyl groups is 2. The van der Waals surface area contributed by atoms with Gasteiger partial charge in [-0.25, -0.2) is 0 Å². The van der Waals surface area contributed by atoms with E-state index in [2.05, 4.69) is 19.1 Å². The molecule has 1 amide bonds. The second-order valence-corrected chi connectivity index (χ2v) is 8.33. The molecule has 0 unspecified atom stereocenters. The van der Waals surface area contributed by atoms with E-state index in [1.807, 2.05) is 6.08 Å². The first-order valence-corrected chi connectivity index (χ1v) is 10.4. The molecule has 4 heteroatoms. The predicted octanol–water partition coefficient (Wildman–Crippen LogP) is 3.69. The van der Waals surface area contributed by atoms with Gasteiger partial charge >= 0.3 is 0 Å². The maximum absolute atomic E-state index is 11.7. The molecule has 0 aromatic carbocycles. The van der Waals surface area contributed by atoms with Crippen LogP contribution < -0.4 is 0 Å². The molecule has 0 aromatic heterocycles. The molecule has 0 aromatic rings. The maximum Gasteiger partial charge on any atom is 0.222 e. The SMILES string of the molecule is CCCCC[C@H](O)C=C[C@@H]1[C@H]2CC(CCCC(=O)N(C)C)=C[C@H]2C[C@H]1O. The fourth-order valence-corrected chi connectivity index (χ4v) is 4.44. The van der Waals surface area contributed by atoms with Crippen LogP contribution in [0.4, 0.5) is 0 Å². The summed E-state index contributed by atoms with van der Waals surface area (Å²) in [5.74, 6) is 1.26. The van der Waals surface area contributed by atoms with Gasteiger partial charge in [0, 0.05) is 26.4 Å². The number of nitrogens with zero attached hydrogens (tertiary/aromatic N) is 1. The Morgan fingerprint density at radius 2 is 2.12 bits per heavy atom. The number of amides is 1. The molecule has 2 N–H and O–H groups in total. The number of fused-ring (bicyclic) bond motifs is 1. The summed E-state index contributed by atoms with van der Waals surface area (Å²) in [6.07, 6.45) is 14.2. The fraction of sp³-hybridized carbons (Fsp3) is 0.773. The molecular formula is C22H37NO3. The van der Waals surface area contributed by atoms with Crippen molar-refractivity contribution in [2.45, 2.75) is 76.9 Å². The van der Waals surface area contributed by atoms with E-state index in [0.717, 1.165) is 51.4 Å². The lowest BCUT2D eigenvalue weighted by Gasteiger charge is -2.19. The van der Waals surface area contributed by atoms with Gasteiger partial charge in [-0.3, -0.25) is 4.79 Å². The van der Waals surface area contributed by atoms with Crippen LogP contribution in [0.25, 0.3) is 0 Å². The summed E-state index contributed by atoms with van der Waals surface area (Å²) < 4.78 is 0. The summed E-state index contributed by atoms with van der Waals surface area (Å²) in [7, 11) is 3.60. The van der Waals surface area contributed by atoms with Gasteiger partial charge in [-0.1, -0.05) is 50.0 Å². The van der Waals surface area contributed by atoms with Gasteiger partial charge in [0.05, 0.1) is 12.2 Å². The van der Waals surface area contributed by atoms with Crippen molar-refractivity contribution in [3.63, 3.8) is 0 Å². The standard InChI is InChI=1S/C22H37NO3/c1-4-5-6-9-18(24)11-12-19-20-14-16(13-17(20)15-21(19)25)8-7-10-22(26)23(2)3/h11-13,17-21,24-25H,4-10,14-15H2,1-3H3/t17-,18-,19+,20-,21+/m0/s1. The Kier molecular flexibility index (Phi) is 8.36. The average Bonchev–Trinajstić information content (AvgIpc) is 3.09. The summed E-state index contributed by atoms with van der Waals surface area (Å²) in [5, 5.41) is 20.5. The normalized spacial score (nSPS) is 29.0. The van der Waals surface area contributed by atoms with Crippen LogP contribution in [-0.2, 0) is 4.79 Å². The summed E-state index contributed by atoms with van der Waals surface area (Å²) >= 11 is 0. The summed E-state index contributed by atoms with van der Waals surface area (Å²) in [4.78, 5) is 13.3. The average molecular weight is 364 g/mol. The van der Waals surface area contributed by atoms with E-state index in [-0.39, 0.29) is 17.9 Å². The summed E-state index contributed by atoms with van der Waals surface area (Å²) in [6.45, 7) is 2.17. The number of carbonyl (C=O) groups is 1. The van der Waals surface area contributed by atoms with Crippen LogP contribution in [0, 0.1) is 17.8 Å². The molecule has 0 heterocycles. The molecule has 0 aliphatic heterocycles. The zero-order valence-corrected chi connectivity index (χ0v) is 16.7. The first-order valence-electron chi connectivity index (χ1n) is 10.4. The van der Waals surface area contributed by atoms with Crippen molar-refractivity contribution in [3.8, 4) is 0 Å². The Balaban J connectivity index is 1.80. The van der Waals surface area contributed by atoms with Gasteiger partial charge in [0.15, 0.2) is 0 Å². The van der Waals surface area contributed by atoms with E-state index in [0.29, 0.717) is 18.3 Å². The van der Waals surface area contributed by atoms with Crippen LogP contribution in [-0.4, -0.2) is 47.3 Å². The van der Waals surface area contributed by atoms with Gasteiger partial charge < -0.3 is 15.1 Å². The lowest BCUT2D eigenvalue weighted by Crippen LogP contribution is -2.21. The second kappa shape index (κ2) is 10.3. The lowest BCUT2D eigenvalue weighted by molar-refractivity contribution is -0.128. The Labute approximate surface area is 159 Å². The number of aliphatic hydroxyl groups excluding tert-OH is 2. The third kappa shape index (κ3) is 5.95. The molecule has 0 spiro atoms. The molecular weight excluding hydrogens is 326 g/mol. The summed E-state index contributed by atoms with van der Waals surface area (Å²) in [6, 6.07) is 0. The molecule has 2 aliphatic carbocycles. The molecule has 2 rings (SSSR count). The monoisotopic (exact) mass is 363 g/mol. The number of rotatable bonds is 10. The first-order chi connectivity index (χ1) is 12.4. The molecule has 0 bridgehead atoms. The smallest absolute Gasteiger partial charge is 0.222 e. The molecule has 148 valence electrons. The molecule has 0 radical (unpaired) electrons. The number of carbonyl (C=O) groups excluding carboxylic acids is 1. The van der Waals surface area contributed by atoms with E-state index in [4.69, 9.17) is 0 Å². The third-order valence-electron chi connectivity index (χ3n) is 6.00. The minimum atomic E-state index is -0.390. The Morgan fingerprint density at radius 1 is 1.35 bits per heavy atom. The molecule has 1 saturated carbocycles. The maximum atomic E-state index is 11.7. The van der Waals surface area contributed by atoms with E-state index < -0.39 is 6.10 Å². The van der Waals surface area contributed by atoms with Crippen molar-refractivity contribution in [2.75, 3.05) is 14.1 Å². The van der Waals surface area contributed by atoms with Crippen LogP contribution >= 0.6 is 0 Å². The van der Waals surface area contributed by atoms with Crippen LogP contribution in [0.15, 0.2) is 23.8 Å². The predicted molar refractivity (Wildman–Crippen MR) is 106 cm³/mol. The number of allylic oxidation sites excluding steroid dienone is 2. The Bertz CT molecular complexity index is 512. The highest BCUT2D eigenvalue weighted by Crippen LogP contribution is 2.48. The van der Waals surface area contributed by atoms with Crippen LogP contribution in [0.3, 0.4) is 0 Å². The first kappa shape index (κ1) is 21.2. The quantitative estimate of drug-likeness (QED) is 0.460. The number of hydrogen-bond acceptors (Lipinski definition) is 3. The third-order valence-corrected chi connectivity index (χ3v) is 6.00. The number of unbranched alkanes of at least 4 members (excludes halogenated alkanes) is 2. The van der Waals surface area contributed by atoms with Crippen molar-refractivity contribution in [2.24, 2.45) is 17.8 Å². The van der Waals surface area contributed by atoms with Crippen LogP contribution in [0.1, 0.15) is 64.7 Å². The highest BCUT2D eigenvalue weighted by Gasteiger charge is 2.43. The van der Waals surface area contributed by atoms with E-state index in [9.17, 15) is 15.0 Å². The Morgan fingerprint density at radius 3 is 2.81 bits per heavy atom. The second-order valence-electron chi connectivity index (χ2n) is 8.33. The largest absolute Gasteiger partial charge is 0.392 e. The molecule has 5 atom stereocenters. The fourth-order valence-electron chi connectivity index (χ4n) is 4.44. The Hall–Kier alpha value is -1.13. The molecule has 0 saturated heterocycles. The van der Waals surface area contributed by atoms with E-state index in [1.165, 1.54) is 5.57 Å². The number of hydrogen-bond donors (Lipinski definition) is 2. The van der Waals surface area contributed by atoms with Gasteiger partial charge in [0.1, 0.15) is 0 Å². The molecule has 2 aliphatic rings. The minimum absolute atomic E-state index is 0.151. The van der Waals surface area contributed by atoms with Gasteiger partial charge in [0.25, 0.3) is 0 Å². The molecule has 26 heavy (non-hydrogen) atoms. The van der Waals surface area contributed by atoms with Crippen molar-refractivity contribution in [3.05, 3.63) is 23.8 Å². The van der Waals surface area contributed by atoms with Gasteiger partial charge in [-0.05, 0) is 43.9 Å². The van der Waals surface area contributed by atoms with Crippen LogP contribution in [0.2, 0.25) is 0 Å². The highest BCUT2D eigenvalue weighted by atomic mass is 16.3. The lowest BCUT2D eigenvalue weighted by atomic mass is 9.88. The van der Waals surface area contributed by atoms with Crippen molar-refractivity contribution in [1.29, 1.82) is 0 Å². The van der Waals surface area contributed by atoms with Crippen molar-refractivity contribution in [1.82, 2.24) is 4.90 Å². The van der Waals surface area contributed by atoms with Crippen molar-refractivity contribution < 1.29 is 15.0 Å². The topological polar surface area (TPSA) is 60.8 Å². The van der Waals surface area contributed by atoms with E-state index >= 15 is 0 Å². The van der Waals surface area contributed by atoms with Gasteiger partial charge in [0.2, 0.25) is 5.91 Å². The van der Waals surface area contributed by atoms with Gasteiger partial charge in [-0.15, -0.1) is 0 Å².